The smallest absolute Gasteiger partial charge is 0.335 e. The number of aromatic carboxylic acids is 1. The highest BCUT2D eigenvalue weighted by Crippen LogP contribution is 2.28. The minimum absolute atomic E-state index is 0.0184. The fourth-order valence-electron chi connectivity index (χ4n) is 1.45. The Bertz CT molecular complexity index is 666. The lowest BCUT2D eigenvalue weighted by Gasteiger charge is -2.05. The van der Waals surface area contributed by atoms with E-state index < -0.39 is 5.97 Å². The Kier molecular flexibility index (Phi) is 4.41. The Morgan fingerprint density at radius 3 is 2.75 bits per heavy atom. The van der Waals surface area contributed by atoms with Crippen LogP contribution < -0.4 is 4.74 Å². The van der Waals surface area contributed by atoms with Gasteiger partial charge in [-0.1, -0.05) is 6.07 Å². The van der Waals surface area contributed by atoms with Crippen LogP contribution in [-0.2, 0) is 0 Å². The highest BCUT2D eigenvalue weighted by Gasteiger charge is 2.11. The van der Waals surface area contributed by atoms with Crippen molar-refractivity contribution in [2.75, 3.05) is 7.11 Å². The number of aromatic nitrogens is 3. The lowest BCUT2D eigenvalue weighted by molar-refractivity contribution is 0.0696. The van der Waals surface area contributed by atoms with Crippen LogP contribution in [0.5, 0.6) is 6.01 Å². The van der Waals surface area contributed by atoms with E-state index in [1.165, 1.54) is 18.9 Å². The number of hydrogen-bond donors (Lipinski definition) is 1. The first kappa shape index (κ1) is 14.5. The molecule has 0 fully saturated rings. The standard InChI is InChI=1S/C12H10ClN3O3S/c1-6-3-4-7(5-8(6)9(17)18)20-12-15-10(13)14-11(16-12)19-2/h3-5H,1-2H3,(H,17,18). The Morgan fingerprint density at radius 1 is 1.35 bits per heavy atom. The number of carbonyl (C=O) groups is 1. The summed E-state index contributed by atoms with van der Waals surface area (Å²) in [6.45, 7) is 1.74. The molecule has 1 heterocycles. The van der Waals surface area contributed by atoms with E-state index in [-0.39, 0.29) is 16.9 Å². The van der Waals surface area contributed by atoms with E-state index in [1.807, 2.05) is 0 Å². The van der Waals surface area contributed by atoms with E-state index in [0.717, 1.165) is 0 Å². The van der Waals surface area contributed by atoms with Crippen molar-refractivity contribution in [1.29, 1.82) is 0 Å². The molecule has 1 N–H and O–H groups in total. The third-order valence-electron chi connectivity index (χ3n) is 2.40. The first-order chi connectivity index (χ1) is 9.49. The zero-order valence-corrected chi connectivity index (χ0v) is 12.2. The third-order valence-corrected chi connectivity index (χ3v) is 3.42. The number of methoxy groups -OCH3 is 1. The van der Waals surface area contributed by atoms with E-state index in [4.69, 9.17) is 21.4 Å². The normalized spacial score (nSPS) is 10.3. The number of carboxylic acid groups (broad SMARTS) is 1. The summed E-state index contributed by atoms with van der Waals surface area (Å²) >= 11 is 6.93. The molecule has 0 saturated carbocycles. The van der Waals surface area contributed by atoms with Crippen molar-refractivity contribution in [2.45, 2.75) is 17.0 Å². The molecule has 0 saturated heterocycles. The van der Waals surface area contributed by atoms with Gasteiger partial charge in [0.1, 0.15) is 0 Å². The average Bonchev–Trinajstić information content (AvgIpc) is 2.40. The SMILES string of the molecule is COc1nc(Cl)nc(Sc2ccc(C)c(C(=O)O)c2)n1. The molecule has 6 nitrogen and oxygen atoms in total. The minimum atomic E-state index is -0.976. The molecule has 8 heteroatoms. The Balaban J connectivity index is 2.32. The molecule has 1 aromatic carbocycles. The molecule has 0 unspecified atom stereocenters. The van der Waals surface area contributed by atoms with Crippen LogP contribution >= 0.6 is 23.4 Å². The number of halogens is 1. The number of hydrogen-bond acceptors (Lipinski definition) is 6. The van der Waals surface area contributed by atoms with E-state index in [9.17, 15) is 4.79 Å². The fourth-order valence-corrected chi connectivity index (χ4v) is 2.43. The van der Waals surface area contributed by atoms with Gasteiger partial charge < -0.3 is 9.84 Å². The van der Waals surface area contributed by atoms with Crippen LogP contribution in [-0.4, -0.2) is 33.1 Å². The van der Waals surface area contributed by atoms with Crippen molar-refractivity contribution in [2.24, 2.45) is 0 Å². The Labute approximate surface area is 124 Å². The van der Waals surface area contributed by atoms with Gasteiger partial charge in [-0.3, -0.25) is 0 Å². The molecule has 0 atom stereocenters. The summed E-state index contributed by atoms with van der Waals surface area (Å²) in [6.07, 6.45) is 0. The van der Waals surface area contributed by atoms with Crippen molar-refractivity contribution in [3.05, 3.63) is 34.6 Å². The molecule has 0 aliphatic carbocycles. The maximum atomic E-state index is 11.1. The monoisotopic (exact) mass is 311 g/mol. The van der Waals surface area contributed by atoms with Crippen molar-refractivity contribution < 1.29 is 14.6 Å². The van der Waals surface area contributed by atoms with Crippen LogP contribution in [0.2, 0.25) is 5.28 Å². The second-order valence-corrected chi connectivity index (χ2v) is 5.14. The van der Waals surface area contributed by atoms with Crippen LogP contribution in [0.1, 0.15) is 15.9 Å². The van der Waals surface area contributed by atoms with Gasteiger partial charge >= 0.3 is 12.0 Å². The highest BCUT2D eigenvalue weighted by atomic mass is 35.5. The number of ether oxygens (including phenoxy) is 1. The molecule has 2 aromatic rings. The van der Waals surface area contributed by atoms with E-state index in [2.05, 4.69) is 15.0 Å². The maximum Gasteiger partial charge on any atom is 0.335 e. The Hall–Kier alpha value is -1.86. The number of rotatable bonds is 4. The van der Waals surface area contributed by atoms with Gasteiger partial charge in [0.2, 0.25) is 5.28 Å². The minimum Gasteiger partial charge on any atom is -0.478 e. The van der Waals surface area contributed by atoms with Gasteiger partial charge in [-0.25, -0.2) is 4.79 Å². The zero-order valence-electron chi connectivity index (χ0n) is 10.6. The van der Waals surface area contributed by atoms with Crippen molar-refractivity contribution in [3.63, 3.8) is 0 Å². The molecule has 20 heavy (non-hydrogen) atoms. The topological polar surface area (TPSA) is 85.2 Å². The summed E-state index contributed by atoms with van der Waals surface area (Å²) in [5.74, 6) is -0.976. The van der Waals surface area contributed by atoms with Crippen molar-refractivity contribution in [3.8, 4) is 6.01 Å². The number of benzene rings is 1. The Morgan fingerprint density at radius 2 is 2.10 bits per heavy atom. The summed E-state index contributed by atoms with van der Waals surface area (Å²) in [7, 11) is 1.43. The predicted octanol–water partition coefficient (Wildman–Crippen LogP) is 2.69. The molecule has 0 spiro atoms. The molecule has 0 radical (unpaired) electrons. The largest absolute Gasteiger partial charge is 0.478 e. The summed E-state index contributed by atoms with van der Waals surface area (Å²) in [5.41, 5.74) is 0.926. The molecule has 0 amide bonds. The number of carboxylic acids is 1. The molecule has 2 rings (SSSR count). The van der Waals surface area contributed by atoms with Crippen molar-refractivity contribution in [1.82, 2.24) is 15.0 Å². The van der Waals surface area contributed by atoms with E-state index in [1.54, 1.807) is 25.1 Å². The lowest BCUT2D eigenvalue weighted by Crippen LogP contribution is -2.00. The van der Waals surface area contributed by atoms with Gasteiger partial charge in [0.15, 0.2) is 5.16 Å². The summed E-state index contributed by atoms with van der Waals surface area (Å²) in [5, 5.41) is 9.44. The second-order valence-electron chi connectivity index (χ2n) is 3.76. The lowest BCUT2D eigenvalue weighted by atomic mass is 10.1. The zero-order chi connectivity index (χ0) is 14.7. The van der Waals surface area contributed by atoms with Gasteiger partial charge in [-0.2, -0.15) is 15.0 Å². The van der Waals surface area contributed by atoms with Gasteiger partial charge in [0.25, 0.3) is 0 Å². The summed E-state index contributed by atoms with van der Waals surface area (Å²) in [4.78, 5) is 23.5. The van der Waals surface area contributed by atoms with Gasteiger partial charge in [0, 0.05) is 4.90 Å². The molecule has 1 aromatic heterocycles. The van der Waals surface area contributed by atoms with Crippen LogP contribution in [0.15, 0.2) is 28.3 Å². The molecule has 0 bridgehead atoms. The van der Waals surface area contributed by atoms with Gasteiger partial charge in [-0.15, -0.1) is 0 Å². The van der Waals surface area contributed by atoms with E-state index >= 15 is 0 Å². The first-order valence-electron chi connectivity index (χ1n) is 5.47. The highest BCUT2D eigenvalue weighted by molar-refractivity contribution is 7.99. The van der Waals surface area contributed by atoms with Crippen molar-refractivity contribution >= 4 is 29.3 Å². The molecular weight excluding hydrogens is 302 g/mol. The van der Waals surface area contributed by atoms with Crippen LogP contribution in [0, 0.1) is 6.92 Å². The quantitative estimate of drug-likeness (QED) is 0.929. The van der Waals surface area contributed by atoms with E-state index in [0.29, 0.717) is 15.6 Å². The second kappa shape index (κ2) is 6.06. The van der Waals surface area contributed by atoms with Crippen LogP contribution in [0.25, 0.3) is 0 Å². The summed E-state index contributed by atoms with van der Waals surface area (Å²) < 4.78 is 4.90. The van der Waals surface area contributed by atoms with Crippen LogP contribution in [0.4, 0.5) is 0 Å². The molecule has 104 valence electrons. The van der Waals surface area contributed by atoms with Gasteiger partial charge in [-0.05, 0) is 48.0 Å². The third kappa shape index (κ3) is 3.37. The average molecular weight is 312 g/mol. The summed E-state index contributed by atoms with van der Waals surface area (Å²) in [6, 6.07) is 5.19. The number of nitrogens with zero attached hydrogens (tertiary/aromatic N) is 3. The maximum absolute atomic E-state index is 11.1. The molecule has 0 aliphatic rings. The number of aryl methyl sites for hydroxylation is 1. The first-order valence-corrected chi connectivity index (χ1v) is 6.66. The molecule has 0 aliphatic heterocycles. The molecular formula is C12H10ClN3O3S. The van der Waals surface area contributed by atoms with Crippen LogP contribution in [0.3, 0.4) is 0 Å². The van der Waals surface area contributed by atoms with Gasteiger partial charge in [0.05, 0.1) is 12.7 Å². The fraction of sp³-hybridized carbons (Fsp3) is 0.167. The predicted molar refractivity (Wildman–Crippen MR) is 73.7 cm³/mol.